The van der Waals surface area contributed by atoms with Crippen molar-refractivity contribution in [1.82, 2.24) is 4.98 Å². The highest BCUT2D eigenvalue weighted by molar-refractivity contribution is 8.14. The molecule has 3 aromatic rings. The van der Waals surface area contributed by atoms with Crippen molar-refractivity contribution in [2.45, 2.75) is 211 Å². The number of para-hydroxylation sites is 1. The molecule has 0 aliphatic carbocycles. The quantitative estimate of drug-likeness (QED) is 0.0238. The van der Waals surface area contributed by atoms with Crippen molar-refractivity contribution in [3.8, 4) is 35.5 Å². The standard InChI is InChI=1S/C20H19NO3.C19H34O3.C18H32O2S.C18H28O2/c1-16(23-20-9-5-6-14-21-20)15-22-17-10-12-19(13-11-17)24-18-7-3-2-4-8-18;1-15(2)22-18(20)14-17(4)11-8-10-16(3)12-9-13-19(5,6)21-7;1-7-21-17(19)14-16(3)11-8-10-15(2)12-9-13-18(4,5)20-6;1-6-13-20-18(19)14-17(5)12-8-11-16(4)10-7-9-15(2)3/h2-14,16H,15H2,1H3;8,11,14-16H,9-10,12-13H2,1-7H3;8,11,14-15H,7,9-10,12-13H2,1-6H3;1,8,12,14-16H,7,9-11,13H2,2-5H3/b;11-8+,17-14+;11-8+,16-14+;12-8+,17-14+. The number of benzene rings is 2. The van der Waals surface area contributed by atoms with E-state index in [9.17, 15) is 14.4 Å². The summed E-state index contributed by atoms with van der Waals surface area (Å²) in [6, 6.07) is 22.8. The number of rotatable bonds is 36. The van der Waals surface area contributed by atoms with Crippen LogP contribution in [0.4, 0.5) is 0 Å². The Bertz CT molecular complexity index is 2520. The minimum absolute atomic E-state index is 0.00775. The fourth-order valence-electron chi connectivity index (χ4n) is 8.05. The van der Waals surface area contributed by atoms with Crippen molar-refractivity contribution < 1.29 is 47.5 Å². The lowest BCUT2D eigenvalue weighted by molar-refractivity contribution is -0.141. The van der Waals surface area contributed by atoms with E-state index in [2.05, 4.69) is 97.5 Å². The Morgan fingerprint density at radius 2 is 1.08 bits per heavy atom. The number of pyridine rings is 1. The van der Waals surface area contributed by atoms with Crippen LogP contribution in [0.1, 0.15) is 188 Å². The number of nitrogens with zero attached hydrogens (tertiary/aromatic N) is 1. The molecule has 11 nitrogen and oxygen atoms in total. The van der Waals surface area contributed by atoms with Crippen LogP contribution in [0.2, 0.25) is 0 Å². The SMILES string of the molecule is C#CCOC(=O)/C=C(C)/C=C/CC(C)CCCC(C)C.CC(COc1ccc(Oc2ccccc2)cc1)Oc1ccccn1.CCSC(=O)/C=C(C)/C=C/CC(C)CCCC(C)(C)OC.COC(C)(C)CCCC(C)C/C=C/C(C)=C/C(=O)OC(C)C. The van der Waals surface area contributed by atoms with Gasteiger partial charge in [-0.1, -0.05) is 165 Å². The van der Waals surface area contributed by atoms with E-state index in [0.717, 1.165) is 77.7 Å². The van der Waals surface area contributed by atoms with Crippen molar-refractivity contribution in [2.24, 2.45) is 23.7 Å². The first-order chi connectivity index (χ1) is 41.2. The molecule has 484 valence electrons. The van der Waals surface area contributed by atoms with Crippen molar-refractivity contribution in [3.05, 3.63) is 150 Å². The van der Waals surface area contributed by atoms with Crippen LogP contribution in [0, 0.1) is 36.0 Å². The van der Waals surface area contributed by atoms with Crippen LogP contribution in [0.25, 0.3) is 0 Å². The summed E-state index contributed by atoms with van der Waals surface area (Å²) in [4.78, 5) is 38.4. The molecule has 87 heavy (non-hydrogen) atoms. The molecule has 0 saturated carbocycles. The molecule has 1 heterocycles. The Morgan fingerprint density at radius 1 is 0.609 bits per heavy atom. The zero-order valence-corrected chi connectivity index (χ0v) is 57.6. The first kappa shape index (κ1) is 80.9. The van der Waals surface area contributed by atoms with Crippen molar-refractivity contribution in [2.75, 3.05) is 33.2 Å². The zero-order valence-electron chi connectivity index (χ0n) is 56.8. The second-order valence-electron chi connectivity index (χ2n) is 24.3. The molecule has 1 aromatic heterocycles. The number of carbonyl (C=O) groups excluding carboxylic acids is 3. The van der Waals surface area contributed by atoms with Crippen molar-refractivity contribution >= 4 is 28.8 Å². The van der Waals surface area contributed by atoms with Crippen LogP contribution >= 0.6 is 11.8 Å². The molecule has 0 amide bonds. The van der Waals surface area contributed by atoms with Crippen LogP contribution in [0.15, 0.2) is 150 Å². The average Bonchev–Trinajstić information content (AvgIpc) is 3.53. The predicted octanol–water partition coefficient (Wildman–Crippen LogP) is 19.7. The summed E-state index contributed by atoms with van der Waals surface area (Å²) in [7, 11) is 3.55. The number of hydrogen-bond acceptors (Lipinski definition) is 12. The summed E-state index contributed by atoms with van der Waals surface area (Å²) >= 11 is 1.35. The van der Waals surface area contributed by atoms with Gasteiger partial charge in [0, 0.05) is 38.6 Å². The minimum atomic E-state index is -0.380. The minimum Gasteiger partial charge on any atom is -0.490 e. The molecule has 0 radical (unpaired) electrons. The van der Waals surface area contributed by atoms with Gasteiger partial charge >= 0.3 is 11.9 Å². The predicted molar refractivity (Wildman–Crippen MR) is 366 cm³/mol. The second-order valence-corrected chi connectivity index (χ2v) is 25.5. The monoisotopic (exact) mass is 1220 g/mol. The van der Waals surface area contributed by atoms with Gasteiger partial charge in [-0.15, -0.1) is 6.42 Å². The third-order valence-corrected chi connectivity index (χ3v) is 14.2. The van der Waals surface area contributed by atoms with Crippen molar-refractivity contribution in [1.29, 1.82) is 0 Å². The zero-order chi connectivity index (χ0) is 65.5. The average molecular weight is 1220 g/mol. The molecule has 4 atom stereocenters. The first-order valence-corrected chi connectivity index (χ1v) is 32.4. The molecule has 2 aromatic carbocycles. The van der Waals surface area contributed by atoms with Crippen LogP contribution in [-0.4, -0.2) is 78.6 Å². The number of terminal acetylenes is 1. The van der Waals surface area contributed by atoms with Crippen molar-refractivity contribution in [3.63, 3.8) is 0 Å². The fraction of sp³-hybridized carbons (Fsp3) is 0.547. The molecular formula is C75H113NO10S. The van der Waals surface area contributed by atoms with Gasteiger partial charge in [-0.2, -0.15) is 0 Å². The van der Waals surface area contributed by atoms with Crippen LogP contribution in [-0.2, 0) is 33.3 Å². The summed E-state index contributed by atoms with van der Waals surface area (Å²) in [5.74, 6) is 8.18. The molecule has 0 aliphatic heterocycles. The molecular weight excluding hydrogens is 1110 g/mol. The molecule has 12 heteroatoms. The second kappa shape index (κ2) is 48.8. The van der Waals surface area contributed by atoms with Gasteiger partial charge in [0.2, 0.25) is 11.0 Å². The molecule has 0 aliphatic rings. The third kappa shape index (κ3) is 48.6. The summed E-state index contributed by atoms with van der Waals surface area (Å²) in [5.41, 5.74) is 2.83. The maximum Gasteiger partial charge on any atom is 0.331 e. The molecule has 0 saturated heterocycles. The summed E-state index contributed by atoms with van der Waals surface area (Å²) in [5, 5.41) is 0.148. The van der Waals surface area contributed by atoms with E-state index in [1.807, 2.05) is 133 Å². The molecule has 3 rings (SSSR count). The summed E-state index contributed by atoms with van der Waals surface area (Å²) in [6.07, 6.45) is 37.7. The number of ether oxygens (including phenoxy) is 7. The van der Waals surface area contributed by atoms with E-state index in [4.69, 9.17) is 39.6 Å². The Hall–Kier alpha value is -6.13. The molecule has 0 N–H and O–H groups in total. The lowest BCUT2D eigenvalue weighted by Gasteiger charge is -2.23. The number of aromatic nitrogens is 1. The lowest BCUT2D eigenvalue weighted by atomic mass is 9.95. The highest BCUT2D eigenvalue weighted by Gasteiger charge is 2.17. The Labute approximate surface area is 532 Å². The maximum absolute atomic E-state index is 11.5. The summed E-state index contributed by atoms with van der Waals surface area (Å²) < 4.78 is 37.9. The normalized spacial score (nSPS) is 13.5. The highest BCUT2D eigenvalue weighted by atomic mass is 32.2. The number of carbonyl (C=O) groups is 3. The van der Waals surface area contributed by atoms with Gasteiger partial charge in [-0.05, 0) is 196 Å². The van der Waals surface area contributed by atoms with Crippen LogP contribution in [0.3, 0.4) is 0 Å². The van der Waals surface area contributed by atoms with Gasteiger partial charge in [0.15, 0.2) is 6.61 Å². The van der Waals surface area contributed by atoms with E-state index in [0.29, 0.717) is 30.2 Å². The molecule has 0 bridgehead atoms. The number of esters is 2. The van der Waals surface area contributed by atoms with E-state index in [1.54, 1.807) is 32.6 Å². The van der Waals surface area contributed by atoms with Gasteiger partial charge in [-0.3, -0.25) is 4.79 Å². The van der Waals surface area contributed by atoms with Crippen LogP contribution in [0.5, 0.6) is 23.1 Å². The Balaban J connectivity index is 0.00000114. The Kier molecular flexibility index (Phi) is 45.4. The Morgan fingerprint density at radius 3 is 1.54 bits per heavy atom. The van der Waals surface area contributed by atoms with Gasteiger partial charge in [0.1, 0.15) is 30.0 Å². The summed E-state index contributed by atoms with van der Waals surface area (Å²) in [6.45, 7) is 33.8. The number of thioether (sulfide) groups is 1. The topological polar surface area (TPSA) is 129 Å². The smallest absolute Gasteiger partial charge is 0.331 e. The number of allylic oxidation sites excluding steroid dienone is 9. The van der Waals surface area contributed by atoms with Gasteiger partial charge in [0.05, 0.1) is 17.3 Å². The highest BCUT2D eigenvalue weighted by Crippen LogP contribution is 2.25. The molecule has 4 unspecified atom stereocenters. The maximum atomic E-state index is 11.5. The van der Waals surface area contributed by atoms with Crippen LogP contribution < -0.4 is 14.2 Å². The lowest BCUT2D eigenvalue weighted by Crippen LogP contribution is -2.22. The van der Waals surface area contributed by atoms with E-state index in [-0.39, 0.29) is 47.1 Å². The van der Waals surface area contributed by atoms with Gasteiger partial charge < -0.3 is 33.2 Å². The third-order valence-electron chi connectivity index (χ3n) is 13.5. The fourth-order valence-corrected chi connectivity index (χ4v) is 8.60. The van der Waals surface area contributed by atoms with E-state index >= 15 is 0 Å². The van der Waals surface area contributed by atoms with Gasteiger partial charge in [0.25, 0.3) is 0 Å². The van der Waals surface area contributed by atoms with E-state index < -0.39 is 0 Å². The molecule has 0 fully saturated rings. The first-order valence-electron chi connectivity index (χ1n) is 31.4. The number of methoxy groups -OCH3 is 2. The number of hydrogen-bond donors (Lipinski definition) is 0. The largest absolute Gasteiger partial charge is 0.490 e. The van der Waals surface area contributed by atoms with Gasteiger partial charge in [-0.25, -0.2) is 14.6 Å². The molecule has 0 spiro atoms. The van der Waals surface area contributed by atoms with E-state index in [1.165, 1.54) is 62.8 Å².